The monoisotopic (exact) mass is 608 g/mol. The quantitative estimate of drug-likeness (QED) is 0.261. The topological polar surface area (TPSA) is 31.8 Å². The average molecular weight is 609 g/mol. The van der Waals surface area contributed by atoms with Gasteiger partial charge in [0.05, 0.1) is 13.2 Å². The van der Waals surface area contributed by atoms with Crippen LogP contribution in [0.25, 0.3) is 0 Å². The van der Waals surface area contributed by atoms with E-state index in [9.17, 15) is 0 Å². The number of ether oxygens (including phenoxy) is 1. The minimum Gasteiger partial charge on any atom is -0.381 e. The van der Waals surface area contributed by atoms with Crippen LogP contribution < -0.4 is 4.90 Å². The van der Waals surface area contributed by atoms with Crippen molar-refractivity contribution < 1.29 is 4.74 Å². The molecule has 3 saturated heterocycles. The molecule has 6 heteroatoms. The molecule has 0 radical (unpaired) electrons. The van der Waals surface area contributed by atoms with Crippen LogP contribution in [0.4, 0.5) is 5.69 Å². The fourth-order valence-electron chi connectivity index (χ4n) is 9.38. The van der Waals surface area contributed by atoms with Crippen LogP contribution in [0.2, 0.25) is 0 Å². The molecule has 0 spiro atoms. The second kappa shape index (κ2) is 12.8. The standard InChI is InChI=1S/C38H48N4OS/c1-4-8-37-31(5-1)25-41(22-30-26-43-27-30)28-38(37,32-6-2-3-7-32)33-15-19-40(20-16-33)21-29-23-42(24-29)34-9-11-35(12-10-34)44-36-13-17-39-18-14-36/h1,4-5,8-14,17-18,29-30,32-33H,2-3,6-7,15-16,19-28H2. The van der Waals surface area contributed by atoms with E-state index in [1.807, 2.05) is 12.4 Å². The van der Waals surface area contributed by atoms with Gasteiger partial charge < -0.3 is 14.5 Å². The molecule has 4 fully saturated rings. The first-order valence-electron chi connectivity index (χ1n) is 17.3. The van der Waals surface area contributed by atoms with E-state index in [1.54, 1.807) is 22.9 Å². The van der Waals surface area contributed by atoms with Crippen molar-refractivity contribution in [3.63, 3.8) is 0 Å². The van der Waals surface area contributed by atoms with Gasteiger partial charge >= 0.3 is 0 Å². The summed E-state index contributed by atoms with van der Waals surface area (Å²) >= 11 is 1.80. The van der Waals surface area contributed by atoms with Gasteiger partial charge in [-0.15, -0.1) is 0 Å². The van der Waals surface area contributed by atoms with Crippen LogP contribution in [0.1, 0.15) is 49.7 Å². The summed E-state index contributed by atoms with van der Waals surface area (Å²) in [5.41, 5.74) is 5.04. The van der Waals surface area contributed by atoms with Crippen LogP contribution in [-0.2, 0) is 16.7 Å². The van der Waals surface area contributed by atoms with Gasteiger partial charge in [-0.3, -0.25) is 9.88 Å². The first-order valence-corrected chi connectivity index (χ1v) is 18.1. The van der Waals surface area contributed by atoms with Crippen LogP contribution in [0, 0.1) is 23.7 Å². The van der Waals surface area contributed by atoms with Gasteiger partial charge in [0.15, 0.2) is 0 Å². The van der Waals surface area contributed by atoms with Gasteiger partial charge in [-0.05, 0) is 98.1 Å². The van der Waals surface area contributed by atoms with E-state index in [1.165, 1.54) is 99.8 Å². The second-order valence-electron chi connectivity index (χ2n) is 14.4. The molecule has 0 amide bonds. The molecule has 1 atom stereocenters. The van der Waals surface area contributed by atoms with E-state index in [-0.39, 0.29) is 0 Å². The summed E-state index contributed by atoms with van der Waals surface area (Å²) in [5, 5.41) is 0. The number of aromatic nitrogens is 1. The van der Waals surface area contributed by atoms with Crippen molar-refractivity contribution in [2.75, 3.05) is 63.9 Å². The van der Waals surface area contributed by atoms with Gasteiger partial charge in [-0.2, -0.15) is 0 Å². The molecule has 8 rings (SSSR count). The van der Waals surface area contributed by atoms with E-state index in [0.29, 0.717) is 5.41 Å². The smallest absolute Gasteiger partial charge is 0.0528 e. The Balaban J connectivity index is 0.892. The predicted octanol–water partition coefficient (Wildman–Crippen LogP) is 6.97. The Hall–Kier alpha value is -2.38. The molecule has 3 aromatic rings. The molecule has 4 aliphatic heterocycles. The Bertz CT molecular complexity index is 1380. The number of rotatable bonds is 9. The molecule has 1 unspecified atom stereocenters. The highest BCUT2D eigenvalue weighted by Gasteiger charge is 2.51. The lowest BCUT2D eigenvalue weighted by Crippen LogP contribution is -2.58. The fraction of sp³-hybridized carbons (Fsp3) is 0.553. The highest BCUT2D eigenvalue weighted by molar-refractivity contribution is 7.99. The molecule has 1 aliphatic carbocycles. The lowest BCUT2D eigenvalue weighted by molar-refractivity contribution is -0.0576. The maximum atomic E-state index is 5.59. The number of benzene rings is 2. The average Bonchev–Trinajstić information content (AvgIpc) is 3.57. The fourth-order valence-corrected chi connectivity index (χ4v) is 10.2. The van der Waals surface area contributed by atoms with E-state index < -0.39 is 0 Å². The molecule has 1 saturated carbocycles. The Morgan fingerprint density at radius 2 is 1.43 bits per heavy atom. The Labute approximate surface area is 268 Å². The minimum absolute atomic E-state index is 0.331. The van der Waals surface area contributed by atoms with Crippen molar-refractivity contribution in [3.05, 3.63) is 84.2 Å². The zero-order valence-corrected chi connectivity index (χ0v) is 27.0. The number of hydrogen-bond donors (Lipinski definition) is 0. The van der Waals surface area contributed by atoms with Crippen LogP contribution in [-0.4, -0.2) is 73.8 Å². The minimum atomic E-state index is 0.331. The molecule has 44 heavy (non-hydrogen) atoms. The normalized spacial score (nSPS) is 26.0. The number of fused-ring (bicyclic) bond motifs is 1. The first kappa shape index (κ1) is 29.1. The largest absolute Gasteiger partial charge is 0.381 e. The van der Waals surface area contributed by atoms with Crippen molar-refractivity contribution in [1.29, 1.82) is 0 Å². The summed E-state index contributed by atoms with van der Waals surface area (Å²) < 4.78 is 5.59. The molecule has 5 heterocycles. The summed E-state index contributed by atoms with van der Waals surface area (Å²) in [6.07, 6.45) is 12.1. The number of piperidine rings is 1. The molecule has 0 N–H and O–H groups in total. The maximum absolute atomic E-state index is 5.59. The molecule has 2 aromatic carbocycles. The molecule has 0 bridgehead atoms. The Kier molecular flexibility index (Phi) is 8.44. The van der Waals surface area contributed by atoms with E-state index in [4.69, 9.17) is 4.74 Å². The van der Waals surface area contributed by atoms with Gasteiger partial charge in [0, 0.05) is 84.4 Å². The third-order valence-electron chi connectivity index (χ3n) is 11.6. The first-order chi connectivity index (χ1) is 21.7. The van der Waals surface area contributed by atoms with E-state index >= 15 is 0 Å². The SMILES string of the molecule is c1ccc2c(c1)CN(CC1COC1)CC2(C1CCCC1)C1CCN(CC2CN(c3ccc(Sc4ccncc4)cc3)C2)CC1. The third kappa shape index (κ3) is 5.84. The maximum Gasteiger partial charge on any atom is 0.0528 e. The van der Waals surface area contributed by atoms with Gasteiger partial charge in [-0.1, -0.05) is 48.9 Å². The summed E-state index contributed by atoms with van der Waals surface area (Å²) in [7, 11) is 0. The van der Waals surface area contributed by atoms with Crippen LogP contribution in [0.3, 0.4) is 0 Å². The van der Waals surface area contributed by atoms with Crippen LogP contribution >= 0.6 is 11.8 Å². The second-order valence-corrected chi connectivity index (χ2v) is 15.5. The van der Waals surface area contributed by atoms with Gasteiger partial charge in [0.2, 0.25) is 0 Å². The molecule has 232 valence electrons. The number of pyridine rings is 1. The van der Waals surface area contributed by atoms with Gasteiger partial charge in [0.1, 0.15) is 0 Å². The number of nitrogens with zero attached hydrogens (tertiary/aromatic N) is 4. The number of hydrogen-bond acceptors (Lipinski definition) is 6. The summed E-state index contributed by atoms with van der Waals surface area (Å²) in [6, 6.07) is 22.9. The van der Waals surface area contributed by atoms with Crippen molar-refractivity contribution in [2.45, 2.75) is 60.3 Å². The summed E-state index contributed by atoms with van der Waals surface area (Å²) in [5.74, 6) is 3.16. The van der Waals surface area contributed by atoms with Crippen molar-refractivity contribution in [2.24, 2.45) is 23.7 Å². The zero-order valence-electron chi connectivity index (χ0n) is 26.2. The van der Waals surface area contributed by atoms with E-state index in [0.717, 1.165) is 43.4 Å². The van der Waals surface area contributed by atoms with Crippen LogP contribution in [0.15, 0.2) is 82.8 Å². The summed E-state index contributed by atoms with van der Waals surface area (Å²) in [6.45, 7) is 11.7. The summed E-state index contributed by atoms with van der Waals surface area (Å²) in [4.78, 5) is 14.9. The number of anilines is 1. The Morgan fingerprint density at radius 3 is 2.16 bits per heavy atom. The van der Waals surface area contributed by atoms with Gasteiger partial charge in [-0.25, -0.2) is 0 Å². The lowest BCUT2D eigenvalue weighted by Gasteiger charge is -2.55. The highest BCUT2D eigenvalue weighted by Crippen LogP contribution is 2.53. The molecule has 5 nitrogen and oxygen atoms in total. The van der Waals surface area contributed by atoms with Crippen molar-refractivity contribution in [3.8, 4) is 0 Å². The van der Waals surface area contributed by atoms with Crippen molar-refractivity contribution >= 4 is 17.4 Å². The zero-order chi connectivity index (χ0) is 29.3. The molecule has 1 aromatic heterocycles. The highest BCUT2D eigenvalue weighted by atomic mass is 32.2. The van der Waals surface area contributed by atoms with Crippen LogP contribution in [0.5, 0.6) is 0 Å². The van der Waals surface area contributed by atoms with Gasteiger partial charge in [0.25, 0.3) is 0 Å². The predicted molar refractivity (Wildman–Crippen MR) is 179 cm³/mol. The molecule has 5 aliphatic rings. The third-order valence-corrected chi connectivity index (χ3v) is 12.6. The lowest BCUT2D eigenvalue weighted by atomic mass is 9.57. The molecular formula is C38H48N4OS. The molecular weight excluding hydrogens is 561 g/mol. The van der Waals surface area contributed by atoms with Crippen molar-refractivity contribution in [1.82, 2.24) is 14.8 Å². The van der Waals surface area contributed by atoms with E-state index in [2.05, 4.69) is 80.3 Å². The Morgan fingerprint density at radius 1 is 0.750 bits per heavy atom. The number of likely N-dealkylation sites (tertiary alicyclic amines) is 1.